The highest BCUT2D eigenvalue weighted by atomic mass is 19.1. The average Bonchev–Trinajstić information content (AvgIpc) is 2.37. The molecule has 1 aromatic rings. The molecule has 0 aliphatic rings. The molecule has 0 amide bonds. The molecule has 0 fully saturated rings. The van der Waals surface area contributed by atoms with E-state index in [4.69, 9.17) is 4.74 Å². The minimum atomic E-state index is -1.84. The molecule has 2 N–H and O–H groups in total. The van der Waals surface area contributed by atoms with Crippen LogP contribution in [0.25, 0.3) is 0 Å². The molecule has 4 nitrogen and oxygen atoms in total. The molecule has 0 radical (unpaired) electrons. The highest BCUT2D eigenvalue weighted by molar-refractivity contribution is 5.72. The summed E-state index contributed by atoms with van der Waals surface area (Å²) >= 11 is 0. The second-order valence-electron chi connectivity index (χ2n) is 5.00. The number of methoxy groups -OCH3 is 1. The summed E-state index contributed by atoms with van der Waals surface area (Å²) in [6.45, 7) is 3.25. The summed E-state index contributed by atoms with van der Waals surface area (Å²) in [7, 11) is 1.36. The lowest BCUT2D eigenvalue weighted by Gasteiger charge is -2.32. The van der Waals surface area contributed by atoms with Crippen LogP contribution in [0.4, 0.5) is 4.39 Å². The summed E-state index contributed by atoms with van der Waals surface area (Å²) in [5.41, 5.74) is -1.94. The lowest BCUT2D eigenvalue weighted by Crippen LogP contribution is -2.38. The maximum Gasteiger partial charge on any atom is 0.309 e. The zero-order valence-corrected chi connectivity index (χ0v) is 12.0. The van der Waals surface area contributed by atoms with Crippen molar-refractivity contribution < 1.29 is 24.1 Å². The monoisotopic (exact) mass is 284 g/mol. The normalized spacial score (nSPS) is 15.4. The number of halogens is 1. The van der Waals surface area contributed by atoms with E-state index in [1.165, 1.54) is 32.2 Å². The number of unbranched alkanes of at least 4 members (excludes halogenated alkanes) is 1. The van der Waals surface area contributed by atoms with Crippen molar-refractivity contribution in [2.75, 3.05) is 7.11 Å². The third-order valence-electron chi connectivity index (χ3n) is 3.52. The third-order valence-corrected chi connectivity index (χ3v) is 3.52. The zero-order chi connectivity index (χ0) is 15.3. The van der Waals surface area contributed by atoms with Crippen molar-refractivity contribution in [3.05, 3.63) is 29.6 Å². The summed E-state index contributed by atoms with van der Waals surface area (Å²) in [6, 6.07) is 4.15. The van der Waals surface area contributed by atoms with E-state index in [9.17, 15) is 19.4 Å². The van der Waals surface area contributed by atoms with Gasteiger partial charge in [-0.15, -0.1) is 0 Å². The van der Waals surface area contributed by atoms with Crippen LogP contribution >= 0.6 is 0 Å². The second kappa shape index (κ2) is 6.70. The molecule has 0 spiro atoms. The fourth-order valence-corrected chi connectivity index (χ4v) is 2.39. The van der Waals surface area contributed by atoms with Gasteiger partial charge in [-0.05, 0) is 25.5 Å². The molecular weight excluding hydrogens is 263 g/mol. The number of benzene rings is 1. The Morgan fingerprint density at radius 2 is 2.15 bits per heavy atom. The van der Waals surface area contributed by atoms with Gasteiger partial charge in [0.2, 0.25) is 0 Å². The van der Waals surface area contributed by atoms with Crippen molar-refractivity contribution in [2.45, 2.75) is 38.7 Å². The van der Waals surface area contributed by atoms with Gasteiger partial charge >= 0.3 is 5.97 Å². The number of carboxylic acids is 1. The van der Waals surface area contributed by atoms with Gasteiger partial charge in [-0.1, -0.05) is 25.8 Å². The lowest BCUT2D eigenvalue weighted by atomic mass is 9.79. The quantitative estimate of drug-likeness (QED) is 0.808. The van der Waals surface area contributed by atoms with Crippen LogP contribution in [0, 0.1) is 11.7 Å². The molecule has 2 atom stereocenters. The first-order chi connectivity index (χ1) is 9.36. The van der Waals surface area contributed by atoms with Crippen molar-refractivity contribution in [1.29, 1.82) is 0 Å². The lowest BCUT2D eigenvalue weighted by molar-refractivity contribution is -0.152. The Morgan fingerprint density at radius 1 is 1.50 bits per heavy atom. The molecule has 20 heavy (non-hydrogen) atoms. The first-order valence-electron chi connectivity index (χ1n) is 6.64. The predicted octanol–water partition coefficient (Wildman–Crippen LogP) is 2.93. The van der Waals surface area contributed by atoms with Crippen LogP contribution in [0.3, 0.4) is 0 Å². The smallest absolute Gasteiger partial charge is 0.309 e. The maximum atomic E-state index is 14.0. The fraction of sp³-hybridized carbons (Fsp3) is 0.533. The Labute approximate surface area is 118 Å². The van der Waals surface area contributed by atoms with E-state index in [2.05, 4.69) is 0 Å². The van der Waals surface area contributed by atoms with Crippen molar-refractivity contribution in [2.24, 2.45) is 5.92 Å². The number of aliphatic hydroxyl groups is 1. The summed E-state index contributed by atoms with van der Waals surface area (Å²) in [4.78, 5) is 11.4. The molecule has 1 rings (SSSR count). The first kappa shape index (κ1) is 16.4. The van der Waals surface area contributed by atoms with Crippen LogP contribution in [-0.4, -0.2) is 23.3 Å². The van der Waals surface area contributed by atoms with Gasteiger partial charge < -0.3 is 14.9 Å². The number of carboxylic acid groups (broad SMARTS) is 1. The van der Waals surface area contributed by atoms with Gasteiger partial charge in [-0.3, -0.25) is 4.79 Å². The molecule has 0 bridgehead atoms. The van der Waals surface area contributed by atoms with Gasteiger partial charge in [0.25, 0.3) is 0 Å². The molecule has 1 aromatic carbocycles. The SMILES string of the molecule is CCCCC(C(=O)O)C(C)(O)c1c(F)cccc1OC. The van der Waals surface area contributed by atoms with E-state index in [1.54, 1.807) is 0 Å². The third kappa shape index (κ3) is 3.28. The van der Waals surface area contributed by atoms with Gasteiger partial charge in [0.05, 0.1) is 18.6 Å². The van der Waals surface area contributed by atoms with E-state index in [-0.39, 0.29) is 17.7 Å². The van der Waals surface area contributed by atoms with Crippen LogP contribution < -0.4 is 4.74 Å². The van der Waals surface area contributed by atoms with Crippen molar-refractivity contribution in [3.8, 4) is 5.75 Å². The van der Waals surface area contributed by atoms with E-state index in [0.29, 0.717) is 6.42 Å². The molecule has 112 valence electrons. The van der Waals surface area contributed by atoms with E-state index >= 15 is 0 Å². The maximum absolute atomic E-state index is 14.0. The Balaban J connectivity index is 3.28. The molecule has 0 saturated heterocycles. The fourth-order valence-electron chi connectivity index (χ4n) is 2.39. The Bertz CT molecular complexity index is 471. The zero-order valence-electron chi connectivity index (χ0n) is 12.0. The van der Waals surface area contributed by atoms with Crippen molar-refractivity contribution >= 4 is 5.97 Å². The number of ether oxygens (including phenoxy) is 1. The topological polar surface area (TPSA) is 66.8 Å². The van der Waals surface area contributed by atoms with Gasteiger partial charge in [-0.2, -0.15) is 0 Å². The number of hydrogen-bond acceptors (Lipinski definition) is 3. The van der Waals surface area contributed by atoms with Gasteiger partial charge in [0.15, 0.2) is 0 Å². The van der Waals surface area contributed by atoms with Crippen LogP contribution in [0.5, 0.6) is 5.75 Å². The summed E-state index contributed by atoms with van der Waals surface area (Å²) in [5, 5.41) is 20.0. The van der Waals surface area contributed by atoms with Crippen molar-refractivity contribution in [1.82, 2.24) is 0 Å². The van der Waals surface area contributed by atoms with Crippen LogP contribution in [0.15, 0.2) is 18.2 Å². The minimum Gasteiger partial charge on any atom is -0.496 e. The summed E-state index contributed by atoms with van der Waals surface area (Å²) in [5.74, 6) is -2.75. The molecule has 0 saturated carbocycles. The van der Waals surface area contributed by atoms with E-state index < -0.39 is 23.3 Å². The summed E-state index contributed by atoms with van der Waals surface area (Å²) in [6.07, 6.45) is 1.72. The number of carbonyl (C=O) groups is 1. The van der Waals surface area contributed by atoms with E-state index in [0.717, 1.165) is 6.42 Å². The number of rotatable bonds is 7. The molecule has 0 heterocycles. The molecule has 2 unspecified atom stereocenters. The van der Waals surface area contributed by atoms with Crippen molar-refractivity contribution in [3.63, 3.8) is 0 Å². The van der Waals surface area contributed by atoms with Crippen LogP contribution in [0.2, 0.25) is 0 Å². The Morgan fingerprint density at radius 3 is 2.65 bits per heavy atom. The molecule has 0 aromatic heterocycles. The molecule has 0 aliphatic heterocycles. The molecule has 5 heteroatoms. The average molecular weight is 284 g/mol. The predicted molar refractivity (Wildman–Crippen MR) is 73.2 cm³/mol. The minimum absolute atomic E-state index is 0.106. The van der Waals surface area contributed by atoms with Gasteiger partial charge in [0, 0.05) is 0 Å². The standard InChI is InChI=1S/C15H21FO4/c1-4-5-7-10(14(17)18)15(2,19)13-11(16)8-6-9-12(13)20-3/h6,8-10,19H,4-5,7H2,1-3H3,(H,17,18). The van der Waals surface area contributed by atoms with E-state index in [1.807, 2.05) is 6.92 Å². The first-order valence-corrected chi connectivity index (χ1v) is 6.64. The van der Waals surface area contributed by atoms with Crippen LogP contribution in [-0.2, 0) is 10.4 Å². The second-order valence-corrected chi connectivity index (χ2v) is 5.00. The Hall–Kier alpha value is -1.62. The highest BCUT2D eigenvalue weighted by Crippen LogP contribution is 2.39. The number of hydrogen-bond donors (Lipinski definition) is 2. The Kier molecular flexibility index (Phi) is 5.51. The summed E-state index contributed by atoms with van der Waals surface area (Å²) < 4.78 is 19.1. The molecule has 0 aliphatic carbocycles. The number of aliphatic carboxylic acids is 1. The molecular formula is C15H21FO4. The largest absolute Gasteiger partial charge is 0.496 e. The highest BCUT2D eigenvalue weighted by Gasteiger charge is 2.42. The van der Waals surface area contributed by atoms with Gasteiger partial charge in [0.1, 0.15) is 17.2 Å². The van der Waals surface area contributed by atoms with Gasteiger partial charge in [-0.25, -0.2) is 4.39 Å². The van der Waals surface area contributed by atoms with Crippen LogP contribution in [0.1, 0.15) is 38.7 Å².